The number of hydrogen-bond donors (Lipinski definition) is 0. The third-order valence-electron chi connectivity index (χ3n) is 10.5. The lowest BCUT2D eigenvalue weighted by molar-refractivity contribution is 1.28. The van der Waals surface area contributed by atoms with Crippen LogP contribution in [0.25, 0.3) is 45.5 Å². The van der Waals surface area contributed by atoms with Crippen LogP contribution in [0.1, 0.15) is 11.1 Å². The highest BCUT2D eigenvalue weighted by Gasteiger charge is 2.15. The molecule has 0 bridgehead atoms. The van der Waals surface area contributed by atoms with E-state index in [0.29, 0.717) is 0 Å². The van der Waals surface area contributed by atoms with Crippen LogP contribution in [0.2, 0.25) is 0 Å². The van der Waals surface area contributed by atoms with E-state index in [1.165, 1.54) is 33.4 Å². The van der Waals surface area contributed by atoms with Gasteiger partial charge in [0.05, 0.1) is 0 Å². The summed E-state index contributed by atoms with van der Waals surface area (Å²) in [6, 6.07) is 86.2. The summed E-state index contributed by atoms with van der Waals surface area (Å²) in [5.41, 5.74) is 16.1. The van der Waals surface area contributed by atoms with Crippen molar-refractivity contribution in [1.29, 1.82) is 0 Å². The van der Waals surface area contributed by atoms with Gasteiger partial charge < -0.3 is 9.80 Å². The number of rotatable bonds is 11. The monoisotopic (exact) mass is 742 g/mol. The van der Waals surface area contributed by atoms with Crippen LogP contribution in [-0.2, 0) is 0 Å². The molecule has 0 saturated heterocycles. The van der Waals surface area contributed by atoms with Gasteiger partial charge in [0.1, 0.15) is 0 Å². The predicted octanol–water partition coefficient (Wildman–Crippen LogP) is 15.8. The van der Waals surface area contributed by atoms with Crippen molar-refractivity contribution in [1.82, 2.24) is 0 Å². The average Bonchev–Trinajstić information content (AvgIpc) is 3.31. The van der Waals surface area contributed by atoms with Crippen molar-refractivity contribution in [2.75, 3.05) is 9.80 Å². The topological polar surface area (TPSA) is 6.48 Å². The average molecular weight is 743 g/mol. The fourth-order valence-electron chi connectivity index (χ4n) is 7.43. The third kappa shape index (κ3) is 8.14. The highest BCUT2D eigenvalue weighted by Crippen LogP contribution is 2.38. The summed E-state index contributed by atoms with van der Waals surface area (Å²) in [5.74, 6) is 0. The van der Waals surface area contributed by atoms with Crippen LogP contribution in [-0.4, -0.2) is 0 Å². The van der Waals surface area contributed by atoms with Crippen LogP contribution >= 0.6 is 0 Å². The normalized spacial score (nSPS) is 11.0. The van der Waals surface area contributed by atoms with E-state index in [4.69, 9.17) is 0 Å². The van der Waals surface area contributed by atoms with Gasteiger partial charge in [-0.1, -0.05) is 182 Å². The Hall–Kier alpha value is -7.68. The zero-order valence-corrected chi connectivity index (χ0v) is 32.1. The molecule has 58 heavy (non-hydrogen) atoms. The third-order valence-corrected chi connectivity index (χ3v) is 10.5. The highest BCUT2D eigenvalue weighted by atomic mass is 15.1. The largest absolute Gasteiger partial charge is 0.311 e. The molecule has 0 spiro atoms. The minimum atomic E-state index is 1.10. The van der Waals surface area contributed by atoms with Gasteiger partial charge in [-0.3, -0.25) is 0 Å². The fourth-order valence-corrected chi connectivity index (χ4v) is 7.43. The zero-order valence-electron chi connectivity index (χ0n) is 32.1. The van der Waals surface area contributed by atoms with Crippen LogP contribution < -0.4 is 9.80 Å². The Bertz CT molecular complexity index is 2610. The van der Waals surface area contributed by atoms with Gasteiger partial charge in [0.15, 0.2) is 0 Å². The summed E-state index contributed by atoms with van der Waals surface area (Å²) < 4.78 is 0. The molecule has 0 aliphatic carbocycles. The van der Waals surface area contributed by atoms with E-state index in [1.807, 2.05) is 0 Å². The summed E-state index contributed by atoms with van der Waals surface area (Å²) in [6.07, 6.45) is 4.37. The van der Waals surface area contributed by atoms with Crippen LogP contribution in [0.3, 0.4) is 0 Å². The van der Waals surface area contributed by atoms with Crippen molar-refractivity contribution >= 4 is 46.3 Å². The van der Waals surface area contributed by atoms with E-state index in [0.717, 1.165) is 45.3 Å². The summed E-state index contributed by atoms with van der Waals surface area (Å²) >= 11 is 0. The van der Waals surface area contributed by atoms with Gasteiger partial charge in [0.25, 0.3) is 0 Å². The van der Waals surface area contributed by atoms with Crippen LogP contribution in [0, 0.1) is 0 Å². The van der Waals surface area contributed by atoms with Crippen molar-refractivity contribution in [3.05, 3.63) is 254 Å². The van der Waals surface area contributed by atoms with Gasteiger partial charge in [-0.15, -0.1) is 0 Å². The van der Waals surface area contributed by atoms with Crippen molar-refractivity contribution in [3.63, 3.8) is 0 Å². The second-order valence-electron chi connectivity index (χ2n) is 14.3. The SMILES string of the molecule is C(=C\c1ccc(N(c2ccc(-c3ccccc3)cc2)c2ccc(-c3ccccc3)cc2)cc1)/c1ccc(N(c2ccccc2)c2ccc(-c3ccccc3)cc2)cc1. The number of hydrogen-bond acceptors (Lipinski definition) is 2. The second kappa shape index (κ2) is 17.0. The van der Waals surface area contributed by atoms with Crippen LogP contribution in [0.4, 0.5) is 34.1 Å². The molecule has 0 aliphatic rings. The van der Waals surface area contributed by atoms with Crippen LogP contribution in [0.15, 0.2) is 243 Å². The number of nitrogens with zero attached hydrogens (tertiary/aromatic N) is 2. The molecule has 9 rings (SSSR count). The molecule has 276 valence electrons. The molecule has 0 aromatic heterocycles. The van der Waals surface area contributed by atoms with E-state index in [1.54, 1.807) is 0 Å². The molecule has 0 amide bonds. The number of benzene rings is 9. The van der Waals surface area contributed by atoms with Crippen molar-refractivity contribution < 1.29 is 0 Å². The molecule has 0 aliphatic heterocycles. The summed E-state index contributed by atoms with van der Waals surface area (Å²) in [7, 11) is 0. The van der Waals surface area contributed by atoms with Crippen molar-refractivity contribution in [2.45, 2.75) is 0 Å². The minimum absolute atomic E-state index is 1.10. The molecule has 0 heterocycles. The lowest BCUT2D eigenvalue weighted by Crippen LogP contribution is -2.09. The van der Waals surface area contributed by atoms with Gasteiger partial charge in [-0.05, 0) is 117 Å². The first-order chi connectivity index (χ1) is 28.7. The first-order valence-electron chi connectivity index (χ1n) is 19.8. The van der Waals surface area contributed by atoms with Crippen LogP contribution in [0.5, 0.6) is 0 Å². The zero-order chi connectivity index (χ0) is 38.9. The lowest BCUT2D eigenvalue weighted by atomic mass is 10.0. The number of anilines is 6. The Labute approximate surface area is 341 Å². The molecule has 0 atom stereocenters. The maximum atomic E-state index is 2.32. The molecule has 0 fully saturated rings. The Morgan fingerprint density at radius 1 is 0.190 bits per heavy atom. The molecule has 9 aromatic carbocycles. The van der Waals surface area contributed by atoms with Gasteiger partial charge in [0.2, 0.25) is 0 Å². The van der Waals surface area contributed by atoms with Gasteiger partial charge >= 0.3 is 0 Å². The molecule has 2 nitrogen and oxygen atoms in total. The van der Waals surface area contributed by atoms with Gasteiger partial charge in [-0.2, -0.15) is 0 Å². The summed E-state index contributed by atoms with van der Waals surface area (Å²) in [4.78, 5) is 4.63. The van der Waals surface area contributed by atoms with Gasteiger partial charge in [-0.25, -0.2) is 0 Å². The molecule has 0 N–H and O–H groups in total. The Morgan fingerprint density at radius 3 is 0.672 bits per heavy atom. The molecule has 0 unspecified atom stereocenters. The van der Waals surface area contributed by atoms with E-state index in [-0.39, 0.29) is 0 Å². The first-order valence-corrected chi connectivity index (χ1v) is 19.8. The van der Waals surface area contributed by atoms with E-state index in [2.05, 4.69) is 265 Å². The Balaban J connectivity index is 0.961. The maximum Gasteiger partial charge on any atom is 0.0462 e. The maximum absolute atomic E-state index is 2.32. The molecular weight excluding hydrogens is 701 g/mol. The standard InChI is InChI=1S/C56H42N2/c1-5-13-45(14-6-1)48-27-37-54(38-28-48)57(51-19-11-4-12-20-51)52-33-23-43(24-34-52)21-22-44-25-35-53(36-26-44)58(55-39-29-49(30-40-55)46-15-7-2-8-16-46)56-41-31-50(32-42-56)47-17-9-3-10-18-47/h1-42H/b22-21+. The first kappa shape index (κ1) is 36.0. The molecule has 0 radical (unpaired) electrons. The van der Waals surface area contributed by atoms with E-state index < -0.39 is 0 Å². The Kier molecular flexibility index (Phi) is 10.5. The Morgan fingerprint density at radius 2 is 0.397 bits per heavy atom. The second-order valence-corrected chi connectivity index (χ2v) is 14.3. The van der Waals surface area contributed by atoms with Crippen molar-refractivity contribution in [2.24, 2.45) is 0 Å². The fraction of sp³-hybridized carbons (Fsp3) is 0. The highest BCUT2D eigenvalue weighted by molar-refractivity contribution is 5.82. The minimum Gasteiger partial charge on any atom is -0.311 e. The smallest absolute Gasteiger partial charge is 0.0462 e. The molecule has 9 aromatic rings. The van der Waals surface area contributed by atoms with Crippen molar-refractivity contribution in [3.8, 4) is 33.4 Å². The molecule has 2 heteroatoms. The molecular formula is C56H42N2. The van der Waals surface area contributed by atoms with Gasteiger partial charge in [0, 0.05) is 34.1 Å². The molecule has 0 saturated carbocycles. The lowest BCUT2D eigenvalue weighted by Gasteiger charge is -2.26. The quantitative estimate of drug-likeness (QED) is 0.122. The summed E-state index contributed by atoms with van der Waals surface area (Å²) in [6.45, 7) is 0. The number of para-hydroxylation sites is 1. The predicted molar refractivity (Wildman–Crippen MR) is 247 cm³/mol. The van der Waals surface area contributed by atoms with E-state index in [9.17, 15) is 0 Å². The van der Waals surface area contributed by atoms with E-state index >= 15 is 0 Å². The summed E-state index contributed by atoms with van der Waals surface area (Å²) in [5, 5.41) is 0.